The average Bonchev–Trinajstić information content (AvgIpc) is 3.14. The van der Waals surface area contributed by atoms with Crippen LogP contribution in [0.4, 0.5) is 10.8 Å². The SMILES string of the molecule is CCOc1ccc2nc(N3CCC[C@@H](C(=O)Nc4c(C)cc(C)cc4C)C3)sc2c1. The van der Waals surface area contributed by atoms with Gasteiger partial charge in [0.15, 0.2) is 5.13 Å². The van der Waals surface area contributed by atoms with E-state index < -0.39 is 0 Å². The first-order chi connectivity index (χ1) is 14.4. The van der Waals surface area contributed by atoms with Crippen LogP contribution in [0.5, 0.6) is 5.75 Å². The van der Waals surface area contributed by atoms with Crippen molar-refractivity contribution < 1.29 is 9.53 Å². The Hall–Kier alpha value is -2.60. The van der Waals surface area contributed by atoms with Crippen LogP contribution in [-0.4, -0.2) is 30.6 Å². The standard InChI is InChI=1S/C24H29N3O2S/c1-5-29-19-8-9-20-21(13-19)30-24(25-20)27-10-6-7-18(14-27)23(28)26-22-16(3)11-15(2)12-17(22)4/h8-9,11-13,18H,5-7,10,14H2,1-4H3,(H,26,28)/t18-/m1/s1. The van der Waals surface area contributed by atoms with Gasteiger partial charge < -0.3 is 15.0 Å². The molecule has 1 aromatic heterocycles. The molecule has 2 heterocycles. The summed E-state index contributed by atoms with van der Waals surface area (Å²) < 4.78 is 6.73. The minimum absolute atomic E-state index is 0.0372. The number of anilines is 2. The molecule has 1 aliphatic rings. The van der Waals surface area contributed by atoms with Crippen molar-refractivity contribution in [1.29, 1.82) is 0 Å². The summed E-state index contributed by atoms with van der Waals surface area (Å²) in [6.45, 7) is 10.5. The Labute approximate surface area is 182 Å². The fraction of sp³-hybridized carbons (Fsp3) is 0.417. The summed E-state index contributed by atoms with van der Waals surface area (Å²) in [6.07, 6.45) is 1.90. The normalized spacial score (nSPS) is 16.7. The molecule has 1 fully saturated rings. The van der Waals surface area contributed by atoms with E-state index in [4.69, 9.17) is 9.72 Å². The fourth-order valence-electron chi connectivity index (χ4n) is 4.25. The Kier molecular flexibility index (Phi) is 5.95. The van der Waals surface area contributed by atoms with Gasteiger partial charge in [-0.3, -0.25) is 4.79 Å². The number of piperidine rings is 1. The van der Waals surface area contributed by atoms with Gasteiger partial charge in [0, 0.05) is 18.8 Å². The number of aryl methyl sites for hydroxylation is 3. The van der Waals surface area contributed by atoms with E-state index in [-0.39, 0.29) is 11.8 Å². The Morgan fingerprint density at radius 1 is 1.23 bits per heavy atom. The van der Waals surface area contributed by atoms with Gasteiger partial charge in [-0.05, 0) is 69.9 Å². The highest BCUT2D eigenvalue weighted by Gasteiger charge is 2.28. The molecule has 0 radical (unpaired) electrons. The van der Waals surface area contributed by atoms with E-state index in [0.717, 1.165) is 57.3 Å². The van der Waals surface area contributed by atoms with Crippen LogP contribution in [0.25, 0.3) is 10.2 Å². The number of hydrogen-bond acceptors (Lipinski definition) is 5. The van der Waals surface area contributed by atoms with Gasteiger partial charge in [-0.25, -0.2) is 4.98 Å². The van der Waals surface area contributed by atoms with E-state index in [1.165, 1.54) is 5.56 Å². The van der Waals surface area contributed by atoms with Gasteiger partial charge in [-0.1, -0.05) is 29.0 Å². The van der Waals surface area contributed by atoms with Crippen molar-refractivity contribution in [2.45, 2.75) is 40.5 Å². The molecule has 1 amide bonds. The highest BCUT2D eigenvalue weighted by molar-refractivity contribution is 7.22. The summed E-state index contributed by atoms with van der Waals surface area (Å²) in [5.74, 6) is 0.944. The first kappa shape index (κ1) is 20.7. The zero-order valence-electron chi connectivity index (χ0n) is 18.1. The Bertz CT molecular complexity index is 1050. The van der Waals surface area contributed by atoms with Crippen LogP contribution < -0.4 is 15.0 Å². The maximum absolute atomic E-state index is 13.1. The Balaban J connectivity index is 1.49. The van der Waals surface area contributed by atoms with Gasteiger partial charge in [-0.2, -0.15) is 0 Å². The van der Waals surface area contributed by atoms with Gasteiger partial charge in [0.2, 0.25) is 5.91 Å². The summed E-state index contributed by atoms with van der Waals surface area (Å²) in [4.78, 5) is 20.1. The summed E-state index contributed by atoms with van der Waals surface area (Å²) in [7, 11) is 0. The van der Waals surface area contributed by atoms with Gasteiger partial charge in [-0.15, -0.1) is 0 Å². The maximum atomic E-state index is 13.1. The number of benzene rings is 2. The lowest BCUT2D eigenvalue weighted by Crippen LogP contribution is -2.40. The second-order valence-electron chi connectivity index (χ2n) is 8.11. The third-order valence-electron chi connectivity index (χ3n) is 5.65. The number of fused-ring (bicyclic) bond motifs is 1. The van der Waals surface area contributed by atoms with Crippen LogP contribution in [0.15, 0.2) is 30.3 Å². The van der Waals surface area contributed by atoms with Crippen molar-refractivity contribution in [3.63, 3.8) is 0 Å². The van der Waals surface area contributed by atoms with E-state index in [1.807, 2.05) is 19.1 Å². The largest absolute Gasteiger partial charge is 0.494 e. The van der Waals surface area contributed by atoms with Crippen LogP contribution in [0.2, 0.25) is 0 Å². The third-order valence-corrected chi connectivity index (χ3v) is 6.73. The number of aromatic nitrogens is 1. The first-order valence-corrected chi connectivity index (χ1v) is 11.4. The van der Waals surface area contributed by atoms with Gasteiger partial charge >= 0.3 is 0 Å². The summed E-state index contributed by atoms with van der Waals surface area (Å²) >= 11 is 1.67. The van der Waals surface area contributed by atoms with Crippen molar-refractivity contribution in [2.24, 2.45) is 5.92 Å². The monoisotopic (exact) mass is 423 g/mol. The molecule has 1 atom stereocenters. The highest BCUT2D eigenvalue weighted by Crippen LogP contribution is 2.34. The van der Waals surface area contributed by atoms with E-state index in [1.54, 1.807) is 11.3 Å². The maximum Gasteiger partial charge on any atom is 0.229 e. The topological polar surface area (TPSA) is 54.5 Å². The zero-order chi connectivity index (χ0) is 21.3. The average molecular weight is 424 g/mol. The molecule has 0 spiro atoms. The smallest absolute Gasteiger partial charge is 0.229 e. The molecule has 1 aliphatic heterocycles. The molecule has 30 heavy (non-hydrogen) atoms. The minimum Gasteiger partial charge on any atom is -0.494 e. The fourth-order valence-corrected chi connectivity index (χ4v) is 5.28. The van der Waals surface area contributed by atoms with Gasteiger partial charge in [0.25, 0.3) is 0 Å². The van der Waals surface area contributed by atoms with Crippen LogP contribution in [0, 0.1) is 26.7 Å². The van der Waals surface area contributed by atoms with Crippen LogP contribution >= 0.6 is 11.3 Å². The molecule has 158 valence electrons. The number of thiazole rings is 1. The molecule has 2 aromatic carbocycles. The van der Waals surface area contributed by atoms with E-state index in [0.29, 0.717) is 13.2 Å². The molecule has 6 heteroatoms. The minimum atomic E-state index is -0.0372. The van der Waals surface area contributed by atoms with Crippen molar-refractivity contribution in [2.75, 3.05) is 29.9 Å². The number of amides is 1. The molecule has 1 saturated heterocycles. The van der Waals surface area contributed by atoms with Crippen molar-refractivity contribution in [3.05, 3.63) is 47.0 Å². The second kappa shape index (κ2) is 8.64. The van der Waals surface area contributed by atoms with E-state index in [2.05, 4.69) is 49.2 Å². The van der Waals surface area contributed by atoms with Crippen molar-refractivity contribution >= 4 is 38.3 Å². The highest BCUT2D eigenvalue weighted by atomic mass is 32.1. The second-order valence-corrected chi connectivity index (χ2v) is 9.12. The molecule has 1 N–H and O–H groups in total. The van der Waals surface area contributed by atoms with Crippen molar-refractivity contribution in [3.8, 4) is 5.75 Å². The lowest BCUT2D eigenvalue weighted by Gasteiger charge is -2.32. The Morgan fingerprint density at radius 2 is 2.00 bits per heavy atom. The Morgan fingerprint density at radius 3 is 2.73 bits per heavy atom. The lowest BCUT2D eigenvalue weighted by atomic mass is 9.96. The molecule has 5 nitrogen and oxygen atoms in total. The molecule has 4 rings (SSSR count). The molecule has 0 saturated carbocycles. The number of nitrogens with zero attached hydrogens (tertiary/aromatic N) is 2. The van der Waals surface area contributed by atoms with Crippen LogP contribution in [-0.2, 0) is 4.79 Å². The zero-order valence-corrected chi connectivity index (χ0v) is 18.9. The van der Waals surface area contributed by atoms with Crippen molar-refractivity contribution in [1.82, 2.24) is 4.98 Å². The van der Waals surface area contributed by atoms with Gasteiger partial charge in [0.05, 0.1) is 22.7 Å². The molecule has 0 unspecified atom stereocenters. The molecular formula is C24H29N3O2S. The lowest BCUT2D eigenvalue weighted by molar-refractivity contribution is -0.120. The summed E-state index contributed by atoms with van der Waals surface area (Å²) in [6, 6.07) is 10.3. The van der Waals surface area contributed by atoms with Crippen LogP contribution in [0.1, 0.15) is 36.5 Å². The summed E-state index contributed by atoms with van der Waals surface area (Å²) in [5, 5.41) is 4.18. The number of ether oxygens (including phenoxy) is 1. The predicted octanol–water partition coefficient (Wildman–Crippen LogP) is 5.48. The first-order valence-electron chi connectivity index (χ1n) is 10.6. The number of nitrogens with one attached hydrogen (secondary N) is 1. The molecule has 0 bridgehead atoms. The van der Waals surface area contributed by atoms with E-state index in [9.17, 15) is 4.79 Å². The third kappa shape index (κ3) is 4.29. The van der Waals surface area contributed by atoms with E-state index >= 15 is 0 Å². The van der Waals surface area contributed by atoms with Crippen LogP contribution in [0.3, 0.4) is 0 Å². The molecule has 0 aliphatic carbocycles. The van der Waals surface area contributed by atoms with Gasteiger partial charge in [0.1, 0.15) is 5.75 Å². The molecule has 3 aromatic rings. The number of carbonyl (C=O) groups excluding carboxylic acids is 1. The number of carbonyl (C=O) groups is 1. The number of rotatable bonds is 5. The summed E-state index contributed by atoms with van der Waals surface area (Å²) in [5.41, 5.74) is 5.38. The molecular weight excluding hydrogens is 394 g/mol. The quantitative estimate of drug-likeness (QED) is 0.591. The predicted molar refractivity (Wildman–Crippen MR) is 125 cm³/mol. The number of hydrogen-bond donors (Lipinski definition) is 1.